The molecule has 0 aromatic heterocycles. The second kappa shape index (κ2) is 7.73. The van der Waals surface area contributed by atoms with Crippen molar-refractivity contribution in [3.05, 3.63) is 59.2 Å². The van der Waals surface area contributed by atoms with Gasteiger partial charge in [0.15, 0.2) is 0 Å². The lowest BCUT2D eigenvalue weighted by Gasteiger charge is -2.19. The maximum atomic E-state index is 12.9. The van der Waals surface area contributed by atoms with Crippen LogP contribution in [0.3, 0.4) is 0 Å². The van der Waals surface area contributed by atoms with E-state index in [9.17, 15) is 9.59 Å². The molecule has 3 rings (SSSR count). The van der Waals surface area contributed by atoms with Gasteiger partial charge in [0, 0.05) is 24.3 Å². The number of aryl methyl sites for hydroxylation is 3. The summed E-state index contributed by atoms with van der Waals surface area (Å²) in [7, 11) is 0. The minimum Gasteiger partial charge on any atom is -0.325 e. The third-order valence-corrected chi connectivity index (χ3v) is 5.15. The van der Waals surface area contributed by atoms with Crippen molar-refractivity contribution in [3.63, 3.8) is 0 Å². The van der Waals surface area contributed by atoms with E-state index >= 15 is 0 Å². The van der Waals surface area contributed by atoms with Crippen LogP contribution in [0.1, 0.15) is 37.0 Å². The molecule has 1 saturated heterocycles. The van der Waals surface area contributed by atoms with E-state index in [1.807, 2.05) is 49.4 Å². The standard InChI is InChI=1S/C22H26N2O2/c1-4-16-10-8-11-17(5-2)21(16)23-22(26)18-13-20(25)24(14-18)19-12-7-6-9-15(19)3/h6-12,18H,4-5,13-14H2,1-3H3,(H,23,26)/t18-/m0/s1. The summed E-state index contributed by atoms with van der Waals surface area (Å²) in [5.41, 5.74) is 5.14. The normalized spacial score (nSPS) is 16.8. The monoisotopic (exact) mass is 350 g/mol. The Morgan fingerprint density at radius 3 is 2.35 bits per heavy atom. The van der Waals surface area contributed by atoms with Crippen molar-refractivity contribution in [2.75, 3.05) is 16.8 Å². The molecule has 0 radical (unpaired) electrons. The Morgan fingerprint density at radius 2 is 1.73 bits per heavy atom. The number of anilines is 2. The van der Waals surface area contributed by atoms with Gasteiger partial charge in [0.1, 0.15) is 0 Å². The minimum absolute atomic E-state index is 0.0129. The summed E-state index contributed by atoms with van der Waals surface area (Å²) < 4.78 is 0. The first-order valence-corrected chi connectivity index (χ1v) is 9.32. The predicted molar refractivity (Wildman–Crippen MR) is 105 cm³/mol. The molecule has 2 amide bonds. The van der Waals surface area contributed by atoms with E-state index in [1.54, 1.807) is 4.90 Å². The summed E-state index contributed by atoms with van der Waals surface area (Å²) in [6.45, 7) is 6.60. The predicted octanol–water partition coefficient (Wildman–Crippen LogP) is 4.11. The summed E-state index contributed by atoms with van der Waals surface area (Å²) >= 11 is 0. The lowest BCUT2D eigenvalue weighted by Crippen LogP contribution is -2.29. The molecule has 1 atom stereocenters. The second-order valence-corrected chi connectivity index (χ2v) is 6.84. The van der Waals surface area contributed by atoms with Crippen molar-refractivity contribution < 1.29 is 9.59 Å². The second-order valence-electron chi connectivity index (χ2n) is 6.84. The van der Waals surface area contributed by atoms with Crippen molar-refractivity contribution in [2.24, 2.45) is 5.92 Å². The summed E-state index contributed by atoms with van der Waals surface area (Å²) in [6, 6.07) is 13.9. The number of nitrogens with one attached hydrogen (secondary N) is 1. The molecule has 1 N–H and O–H groups in total. The molecule has 1 fully saturated rings. The van der Waals surface area contributed by atoms with Gasteiger partial charge < -0.3 is 10.2 Å². The zero-order valence-electron chi connectivity index (χ0n) is 15.7. The molecular weight excluding hydrogens is 324 g/mol. The highest BCUT2D eigenvalue weighted by molar-refractivity contribution is 6.04. The zero-order valence-corrected chi connectivity index (χ0v) is 15.7. The Kier molecular flexibility index (Phi) is 5.40. The molecular formula is C22H26N2O2. The van der Waals surface area contributed by atoms with Crippen LogP contribution in [0.15, 0.2) is 42.5 Å². The van der Waals surface area contributed by atoms with E-state index in [-0.39, 0.29) is 24.2 Å². The van der Waals surface area contributed by atoms with Gasteiger partial charge in [-0.1, -0.05) is 50.2 Å². The van der Waals surface area contributed by atoms with Gasteiger partial charge in [-0.3, -0.25) is 9.59 Å². The van der Waals surface area contributed by atoms with E-state index < -0.39 is 0 Å². The van der Waals surface area contributed by atoms with Crippen molar-refractivity contribution in [2.45, 2.75) is 40.0 Å². The number of carbonyl (C=O) groups is 2. The molecule has 1 aliphatic heterocycles. The Bertz CT molecular complexity index is 806. The maximum absolute atomic E-state index is 12.9. The first-order chi connectivity index (χ1) is 12.5. The highest BCUT2D eigenvalue weighted by atomic mass is 16.2. The van der Waals surface area contributed by atoms with Crippen LogP contribution >= 0.6 is 0 Å². The average Bonchev–Trinajstić information content (AvgIpc) is 3.04. The molecule has 1 aliphatic rings. The molecule has 2 aromatic carbocycles. The lowest BCUT2D eigenvalue weighted by atomic mass is 10.0. The fraction of sp³-hybridized carbons (Fsp3) is 0.364. The van der Waals surface area contributed by atoms with Crippen LogP contribution in [0, 0.1) is 12.8 Å². The number of carbonyl (C=O) groups excluding carboxylic acids is 2. The van der Waals surface area contributed by atoms with Crippen LogP contribution in [0.5, 0.6) is 0 Å². The summed E-state index contributed by atoms with van der Waals surface area (Å²) in [4.78, 5) is 27.1. The Balaban J connectivity index is 1.78. The average molecular weight is 350 g/mol. The first-order valence-electron chi connectivity index (χ1n) is 9.32. The minimum atomic E-state index is -0.322. The van der Waals surface area contributed by atoms with Crippen molar-refractivity contribution >= 4 is 23.2 Å². The number of benzene rings is 2. The quantitative estimate of drug-likeness (QED) is 0.882. The molecule has 136 valence electrons. The third-order valence-electron chi connectivity index (χ3n) is 5.15. The number of amides is 2. The topological polar surface area (TPSA) is 49.4 Å². The summed E-state index contributed by atoms with van der Waals surface area (Å²) in [5.74, 6) is -0.374. The molecule has 0 unspecified atom stereocenters. The van der Waals surface area contributed by atoms with Gasteiger partial charge in [0.2, 0.25) is 11.8 Å². The largest absolute Gasteiger partial charge is 0.325 e. The molecule has 0 aliphatic carbocycles. The molecule has 26 heavy (non-hydrogen) atoms. The molecule has 2 aromatic rings. The maximum Gasteiger partial charge on any atom is 0.229 e. The van der Waals surface area contributed by atoms with Crippen molar-refractivity contribution in [1.82, 2.24) is 0 Å². The SMILES string of the molecule is CCc1cccc(CC)c1NC(=O)[C@H]1CC(=O)N(c2ccccc2C)C1. The Labute approximate surface area is 155 Å². The van der Waals surface area contributed by atoms with E-state index in [0.29, 0.717) is 6.54 Å². The fourth-order valence-electron chi connectivity index (χ4n) is 3.61. The van der Waals surface area contributed by atoms with Crippen LogP contribution in [0.4, 0.5) is 11.4 Å². The molecule has 0 spiro atoms. The van der Waals surface area contributed by atoms with Gasteiger partial charge in [-0.2, -0.15) is 0 Å². The van der Waals surface area contributed by atoms with E-state index in [0.717, 1.165) is 40.9 Å². The number of hydrogen-bond donors (Lipinski definition) is 1. The van der Waals surface area contributed by atoms with Gasteiger partial charge in [-0.15, -0.1) is 0 Å². The van der Waals surface area contributed by atoms with Crippen molar-refractivity contribution in [3.8, 4) is 0 Å². The molecule has 1 heterocycles. The zero-order chi connectivity index (χ0) is 18.7. The van der Waals surface area contributed by atoms with Crippen LogP contribution in [-0.4, -0.2) is 18.4 Å². The Morgan fingerprint density at radius 1 is 1.08 bits per heavy atom. The molecule has 4 nitrogen and oxygen atoms in total. The lowest BCUT2D eigenvalue weighted by molar-refractivity contribution is -0.122. The highest BCUT2D eigenvalue weighted by Gasteiger charge is 2.35. The molecule has 0 saturated carbocycles. The number of nitrogens with zero attached hydrogens (tertiary/aromatic N) is 1. The number of para-hydroxylation sites is 2. The van der Waals surface area contributed by atoms with Gasteiger partial charge in [0.05, 0.1) is 5.92 Å². The van der Waals surface area contributed by atoms with Gasteiger partial charge in [-0.25, -0.2) is 0 Å². The van der Waals surface area contributed by atoms with E-state index in [2.05, 4.69) is 19.2 Å². The van der Waals surface area contributed by atoms with E-state index in [4.69, 9.17) is 0 Å². The number of hydrogen-bond acceptors (Lipinski definition) is 2. The van der Waals surface area contributed by atoms with Gasteiger partial charge >= 0.3 is 0 Å². The van der Waals surface area contributed by atoms with E-state index in [1.165, 1.54) is 0 Å². The van der Waals surface area contributed by atoms with Crippen LogP contribution in [0.25, 0.3) is 0 Å². The van der Waals surface area contributed by atoms with Gasteiger partial charge in [-0.05, 0) is 42.5 Å². The van der Waals surface area contributed by atoms with Crippen molar-refractivity contribution in [1.29, 1.82) is 0 Å². The molecule has 4 heteroatoms. The number of rotatable bonds is 5. The van der Waals surface area contributed by atoms with Crippen LogP contribution in [-0.2, 0) is 22.4 Å². The Hall–Kier alpha value is -2.62. The highest BCUT2D eigenvalue weighted by Crippen LogP contribution is 2.29. The first kappa shape index (κ1) is 18.2. The summed E-state index contributed by atoms with van der Waals surface area (Å²) in [6.07, 6.45) is 1.99. The van der Waals surface area contributed by atoms with Crippen LogP contribution < -0.4 is 10.2 Å². The third kappa shape index (κ3) is 3.50. The summed E-state index contributed by atoms with van der Waals surface area (Å²) in [5, 5.41) is 3.11. The van der Waals surface area contributed by atoms with Crippen LogP contribution in [0.2, 0.25) is 0 Å². The molecule has 0 bridgehead atoms. The van der Waals surface area contributed by atoms with Gasteiger partial charge in [0.25, 0.3) is 0 Å². The fourth-order valence-corrected chi connectivity index (χ4v) is 3.61. The smallest absolute Gasteiger partial charge is 0.229 e.